The van der Waals surface area contributed by atoms with E-state index >= 15 is 0 Å². The first-order valence-corrected chi connectivity index (χ1v) is 9.20. The highest BCUT2D eigenvalue weighted by molar-refractivity contribution is 6.35. The number of carbonyl (C=O) groups is 2. The van der Waals surface area contributed by atoms with Crippen molar-refractivity contribution in [3.05, 3.63) is 28.2 Å². The summed E-state index contributed by atoms with van der Waals surface area (Å²) in [6.45, 7) is 3.35. The van der Waals surface area contributed by atoms with E-state index in [1.165, 1.54) is 19.4 Å². The maximum atomic E-state index is 12.0. The molecule has 0 heterocycles. The minimum atomic E-state index is -0.889. The Kier molecular flexibility index (Phi) is 7.38. The van der Waals surface area contributed by atoms with Crippen molar-refractivity contribution in [3.63, 3.8) is 0 Å². The number of amides is 1. The Hall–Kier alpha value is -1.46. The van der Waals surface area contributed by atoms with Gasteiger partial charge < -0.3 is 14.8 Å². The van der Waals surface area contributed by atoms with Gasteiger partial charge in [-0.25, -0.2) is 4.79 Å². The summed E-state index contributed by atoms with van der Waals surface area (Å²) >= 11 is 11.8. The second-order valence-corrected chi connectivity index (χ2v) is 7.22. The first kappa shape index (κ1) is 19.9. The summed E-state index contributed by atoms with van der Waals surface area (Å²) < 4.78 is 10.5. The standard InChI is InChI=1S/C18H23Cl2NO4/c1-11-5-3-4-6-15(11)21-17(22)10-24-18(23)12(2)25-16-8-7-13(19)9-14(16)20/h7-9,11-12,15H,3-6,10H2,1-2H3,(H,21,22)/t11-,12+,15+/m0/s1. The van der Waals surface area contributed by atoms with Crippen LogP contribution in [0.25, 0.3) is 0 Å². The number of benzene rings is 1. The summed E-state index contributed by atoms with van der Waals surface area (Å²) in [5.74, 6) is -0.139. The second kappa shape index (κ2) is 9.30. The predicted octanol–water partition coefficient (Wildman–Crippen LogP) is 4.00. The molecule has 0 bridgehead atoms. The number of hydrogen-bond acceptors (Lipinski definition) is 4. The van der Waals surface area contributed by atoms with Gasteiger partial charge in [0.2, 0.25) is 0 Å². The lowest BCUT2D eigenvalue weighted by molar-refractivity contribution is -0.155. The van der Waals surface area contributed by atoms with E-state index in [4.69, 9.17) is 32.7 Å². The van der Waals surface area contributed by atoms with Crippen LogP contribution in [-0.2, 0) is 14.3 Å². The molecule has 1 saturated carbocycles. The molecule has 1 aromatic rings. The van der Waals surface area contributed by atoms with E-state index in [1.54, 1.807) is 12.1 Å². The molecule has 0 aliphatic heterocycles. The number of carbonyl (C=O) groups excluding carboxylic acids is 2. The number of nitrogens with one attached hydrogen (secondary N) is 1. The fourth-order valence-electron chi connectivity index (χ4n) is 2.84. The fraction of sp³-hybridized carbons (Fsp3) is 0.556. The first-order chi connectivity index (χ1) is 11.9. The van der Waals surface area contributed by atoms with Gasteiger partial charge in [0.1, 0.15) is 5.75 Å². The molecule has 0 unspecified atom stereocenters. The van der Waals surface area contributed by atoms with Gasteiger partial charge in [-0.15, -0.1) is 0 Å². The summed E-state index contributed by atoms with van der Waals surface area (Å²) in [4.78, 5) is 24.0. The van der Waals surface area contributed by atoms with Gasteiger partial charge in [0.05, 0.1) is 5.02 Å². The van der Waals surface area contributed by atoms with Crippen LogP contribution in [0.1, 0.15) is 39.5 Å². The van der Waals surface area contributed by atoms with Crippen molar-refractivity contribution < 1.29 is 19.1 Å². The average molecular weight is 388 g/mol. The Balaban J connectivity index is 1.77. The van der Waals surface area contributed by atoms with E-state index in [0.29, 0.717) is 21.7 Å². The van der Waals surface area contributed by atoms with Crippen LogP contribution >= 0.6 is 23.2 Å². The second-order valence-electron chi connectivity index (χ2n) is 6.38. The number of rotatable bonds is 6. The molecule has 1 aliphatic carbocycles. The zero-order valence-corrected chi connectivity index (χ0v) is 15.9. The van der Waals surface area contributed by atoms with E-state index in [1.807, 2.05) is 0 Å². The molecule has 1 fully saturated rings. The lowest BCUT2D eigenvalue weighted by atomic mass is 9.86. The van der Waals surface area contributed by atoms with Crippen LogP contribution < -0.4 is 10.1 Å². The Morgan fingerprint density at radius 2 is 2.00 bits per heavy atom. The summed E-state index contributed by atoms with van der Waals surface area (Å²) in [6, 6.07) is 4.86. The number of hydrogen-bond donors (Lipinski definition) is 1. The largest absolute Gasteiger partial charge is 0.477 e. The molecular formula is C18H23Cl2NO4. The molecule has 0 radical (unpaired) electrons. The fourth-order valence-corrected chi connectivity index (χ4v) is 3.30. The van der Waals surface area contributed by atoms with Crippen LogP contribution in [-0.4, -0.2) is 30.6 Å². The molecule has 0 aromatic heterocycles. The van der Waals surface area contributed by atoms with Gasteiger partial charge in [0, 0.05) is 11.1 Å². The third-order valence-corrected chi connectivity index (χ3v) is 4.86. The van der Waals surface area contributed by atoms with Gasteiger partial charge >= 0.3 is 5.97 Å². The van der Waals surface area contributed by atoms with Crippen molar-refractivity contribution in [1.82, 2.24) is 5.32 Å². The molecule has 1 aliphatic rings. The molecule has 138 valence electrons. The van der Waals surface area contributed by atoms with Crippen molar-refractivity contribution in [2.75, 3.05) is 6.61 Å². The van der Waals surface area contributed by atoms with Crippen molar-refractivity contribution in [1.29, 1.82) is 0 Å². The minimum Gasteiger partial charge on any atom is -0.477 e. The molecule has 3 atom stereocenters. The normalized spacial score (nSPS) is 21.3. The van der Waals surface area contributed by atoms with Crippen LogP contribution in [0.15, 0.2) is 18.2 Å². The first-order valence-electron chi connectivity index (χ1n) is 8.44. The smallest absolute Gasteiger partial charge is 0.347 e. The molecule has 7 heteroatoms. The molecule has 25 heavy (non-hydrogen) atoms. The van der Waals surface area contributed by atoms with Gasteiger partial charge in [-0.05, 0) is 43.9 Å². The van der Waals surface area contributed by atoms with Crippen molar-refractivity contribution >= 4 is 35.1 Å². The molecule has 1 amide bonds. The van der Waals surface area contributed by atoms with Crippen molar-refractivity contribution in [3.8, 4) is 5.75 Å². The third kappa shape index (κ3) is 6.08. The molecule has 2 rings (SSSR count). The number of esters is 1. The SMILES string of the molecule is C[C@@H](Oc1ccc(Cl)cc1Cl)C(=O)OCC(=O)N[C@@H]1CCCC[C@@H]1C. The zero-order chi connectivity index (χ0) is 18.4. The number of halogens is 2. The van der Waals surface area contributed by atoms with Crippen LogP contribution in [0.3, 0.4) is 0 Å². The topological polar surface area (TPSA) is 64.6 Å². The van der Waals surface area contributed by atoms with Crippen LogP contribution in [0, 0.1) is 5.92 Å². The lowest BCUT2D eigenvalue weighted by Gasteiger charge is -2.29. The van der Waals surface area contributed by atoms with Crippen LogP contribution in [0.4, 0.5) is 0 Å². The number of ether oxygens (including phenoxy) is 2. The van der Waals surface area contributed by atoms with Crippen molar-refractivity contribution in [2.24, 2.45) is 5.92 Å². The van der Waals surface area contributed by atoms with Crippen LogP contribution in [0.2, 0.25) is 10.0 Å². The van der Waals surface area contributed by atoms with E-state index in [0.717, 1.165) is 19.3 Å². The Morgan fingerprint density at radius 1 is 1.28 bits per heavy atom. The van der Waals surface area contributed by atoms with E-state index in [9.17, 15) is 9.59 Å². The molecule has 1 N–H and O–H groups in total. The van der Waals surface area contributed by atoms with E-state index in [-0.39, 0.29) is 18.6 Å². The maximum absolute atomic E-state index is 12.0. The van der Waals surface area contributed by atoms with E-state index < -0.39 is 12.1 Å². The zero-order valence-electron chi connectivity index (χ0n) is 14.4. The highest BCUT2D eigenvalue weighted by Gasteiger charge is 2.24. The predicted molar refractivity (Wildman–Crippen MR) is 97.1 cm³/mol. The third-order valence-electron chi connectivity index (χ3n) is 4.33. The van der Waals surface area contributed by atoms with Crippen molar-refractivity contribution in [2.45, 2.75) is 51.7 Å². The summed E-state index contributed by atoms with van der Waals surface area (Å²) in [5, 5.41) is 3.71. The Morgan fingerprint density at radius 3 is 2.68 bits per heavy atom. The molecule has 0 saturated heterocycles. The van der Waals surface area contributed by atoms with Crippen LogP contribution in [0.5, 0.6) is 5.75 Å². The van der Waals surface area contributed by atoms with Gasteiger partial charge in [0.25, 0.3) is 5.91 Å². The molecule has 0 spiro atoms. The summed E-state index contributed by atoms with van der Waals surface area (Å²) in [5.41, 5.74) is 0. The van der Waals surface area contributed by atoms with E-state index in [2.05, 4.69) is 12.2 Å². The molecular weight excluding hydrogens is 365 g/mol. The Bertz CT molecular complexity index is 623. The van der Waals surface area contributed by atoms with Gasteiger partial charge in [-0.2, -0.15) is 0 Å². The van der Waals surface area contributed by atoms with Gasteiger partial charge in [0.15, 0.2) is 12.7 Å². The molecule has 1 aromatic carbocycles. The quantitative estimate of drug-likeness (QED) is 0.749. The molecule has 5 nitrogen and oxygen atoms in total. The highest BCUT2D eigenvalue weighted by Crippen LogP contribution is 2.28. The minimum absolute atomic E-state index is 0.154. The summed E-state index contributed by atoms with van der Waals surface area (Å²) in [6.07, 6.45) is 3.50. The summed E-state index contributed by atoms with van der Waals surface area (Å²) in [7, 11) is 0. The van der Waals surface area contributed by atoms with Gasteiger partial charge in [-0.1, -0.05) is 43.0 Å². The van der Waals surface area contributed by atoms with Gasteiger partial charge in [-0.3, -0.25) is 4.79 Å². The lowest BCUT2D eigenvalue weighted by Crippen LogP contribution is -2.43. The monoisotopic (exact) mass is 387 g/mol. The highest BCUT2D eigenvalue weighted by atomic mass is 35.5. The Labute approximate surface area is 158 Å². The maximum Gasteiger partial charge on any atom is 0.347 e. The average Bonchev–Trinajstić information content (AvgIpc) is 2.57.